The minimum absolute atomic E-state index is 0.286. The van der Waals surface area contributed by atoms with E-state index in [0.29, 0.717) is 0 Å². The fourth-order valence-corrected chi connectivity index (χ4v) is 2.63. The molecule has 0 aromatic heterocycles. The second-order valence-electron chi connectivity index (χ2n) is 3.83. The third-order valence-corrected chi connectivity index (χ3v) is 3.46. The molecular formula is C11H14BrI. The normalized spacial score (nSPS) is 11.7. The first-order valence-corrected chi connectivity index (χ1v) is 6.58. The first kappa shape index (κ1) is 11.5. The van der Waals surface area contributed by atoms with Gasteiger partial charge in [-0.15, -0.1) is 0 Å². The highest BCUT2D eigenvalue weighted by molar-refractivity contribution is 14.1. The van der Waals surface area contributed by atoms with E-state index in [4.69, 9.17) is 0 Å². The van der Waals surface area contributed by atoms with Crippen molar-refractivity contribution < 1.29 is 0 Å². The quantitative estimate of drug-likeness (QED) is 0.560. The summed E-state index contributed by atoms with van der Waals surface area (Å²) in [6.45, 7) is 4.58. The lowest BCUT2D eigenvalue weighted by Crippen LogP contribution is -2.17. The predicted octanol–water partition coefficient (Wildman–Crippen LogP) is 4.35. The summed E-state index contributed by atoms with van der Waals surface area (Å²) in [5.41, 5.74) is 1.71. The highest BCUT2D eigenvalue weighted by atomic mass is 127. The number of benzene rings is 1. The molecule has 0 aliphatic carbocycles. The third-order valence-electron chi connectivity index (χ3n) is 2.35. The SMILES string of the molecule is CC(C)(CCBr)c1ccc(I)cc1. The van der Waals surface area contributed by atoms with Gasteiger partial charge in [-0.05, 0) is 52.1 Å². The van der Waals surface area contributed by atoms with Crippen molar-refractivity contribution in [1.82, 2.24) is 0 Å². The molecule has 0 nitrogen and oxygen atoms in total. The Bertz CT molecular complexity index is 264. The third kappa shape index (κ3) is 3.24. The highest BCUT2D eigenvalue weighted by Crippen LogP contribution is 2.27. The Morgan fingerprint density at radius 2 is 1.77 bits per heavy atom. The summed E-state index contributed by atoms with van der Waals surface area (Å²) >= 11 is 5.83. The Morgan fingerprint density at radius 3 is 2.23 bits per heavy atom. The van der Waals surface area contributed by atoms with Crippen LogP contribution in [0.4, 0.5) is 0 Å². The fraction of sp³-hybridized carbons (Fsp3) is 0.455. The Kier molecular flexibility index (Phi) is 4.23. The van der Waals surface area contributed by atoms with Crippen molar-refractivity contribution in [2.24, 2.45) is 0 Å². The lowest BCUT2D eigenvalue weighted by atomic mass is 9.82. The second-order valence-corrected chi connectivity index (χ2v) is 5.87. The maximum atomic E-state index is 3.50. The second kappa shape index (κ2) is 4.78. The molecule has 1 aromatic rings. The van der Waals surface area contributed by atoms with Gasteiger partial charge in [0.05, 0.1) is 0 Å². The van der Waals surface area contributed by atoms with Crippen LogP contribution in [-0.2, 0) is 5.41 Å². The van der Waals surface area contributed by atoms with Gasteiger partial charge in [0.25, 0.3) is 0 Å². The molecule has 72 valence electrons. The molecule has 0 aliphatic rings. The van der Waals surface area contributed by atoms with E-state index in [2.05, 4.69) is 76.6 Å². The Morgan fingerprint density at radius 1 is 1.23 bits per heavy atom. The van der Waals surface area contributed by atoms with Crippen molar-refractivity contribution in [3.05, 3.63) is 33.4 Å². The van der Waals surface area contributed by atoms with Crippen LogP contribution in [-0.4, -0.2) is 5.33 Å². The topological polar surface area (TPSA) is 0 Å². The zero-order chi connectivity index (χ0) is 9.90. The number of rotatable bonds is 3. The predicted molar refractivity (Wildman–Crippen MR) is 70.6 cm³/mol. The molecule has 0 aliphatic heterocycles. The van der Waals surface area contributed by atoms with Crippen molar-refractivity contribution in [2.75, 3.05) is 5.33 Å². The average molecular weight is 353 g/mol. The lowest BCUT2D eigenvalue weighted by molar-refractivity contribution is 0.512. The van der Waals surface area contributed by atoms with Gasteiger partial charge in [-0.3, -0.25) is 0 Å². The lowest BCUT2D eigenvalue weighted by Gasteiger charge is -2.24. The smallest absolute Gasteiger partial charge is 0.0130 e. The summed E-state index contributed by atoms with van der Waals surface area (Å²) < 4.78 is 1.30. The molecule has 0 bridgehead atoms. The molecular weight excluding hydrogens is 339 g/mol. The number of halogens is 2. The first-order valence-electron chi connectivity index (χ1n) is 4.38. The van der Waals surface area contributed by atoms with E-state index in [0.717, 1.165) is 5.33 Å². The monoisotopic (exact) mass is 352 g/mol. The van der Waals surface area contributed by atoms with Crippen molar-refractivity contribution >= 4 is 38.5 Å². The van der Waals surface area contributed by atoms with Gasteiger partial charge in [0.15, 0.2) is 0 Å². The van der Waals surface area contributed by atoms with Gasteiger partial charge in [0.2, 0.25) is 0 Å². The molecule has 13 heavy (non-hydrogen) atoms. The minimum Gasteiger partial charge on any atom is -0.0928 e. The highest BCUT2D eigenvalue weighted by Gasteiger charge is 2.18. The van der Waals surface area contributed by atoms with Gasteiger partial charge in [-0.25, -0.2) is 0 Å². The van der Waals surface area contributed by atoms with Crippen molar-refractivity contribution in [2.45, 2.75) is 25.7 Å². The van der Waals surface area contributed by atoms with Crippen LogP contribution >= 0.6 is 38.5 Å². The maximum absolute atomic E-state index is 3.50. The average Bonchev–Trinajstić information content (AvgIpc) is 2.05. The fourth-order valence-electron chi connectivity index (χ4n) is 1.28. The first-order chi connectivity index (χ1) is 6.06. The largest absolute Gasteiger partial charge is 0.0928 e. The zero-order valence-corrected chi connectivity index (χ0v) is 11.7. The van der Waals surface area contributed by atoms with Crippen LogP contribution in [0.5, 0.6) is 0 Å². The Labute approximate surface area is 102 Å². The van der Waals surface area contributed by atoms with E-state index in [1.807, 2.05) is 0 Å². The van der Waals surface area contributed by atoms with Crippen LogP contribution in [0.25, 0.3) is 0 Å². The molecule has 1 rings (SSSR count). The summed E-state index contributed by atoms with van der Waals surface area (Å²) in [6, 6.07) is 8.80. The van der Waals surface area contributed by atoms with Crippen molar-refractivity contribution in [1.29, 1.82) is 0 Å². The van der Waals surface area contributed by atoms with Crippen LogP contribution in [0.2, 0.25) is 0 Å². The van der Waals surface area contributed by atoms with Crippen LogP contribution in [0.3, 0.4) is 0 Å². The number of hydrogen-bond donors (Lipinski definition) is 0. The molecule has 0 atom stereocenters. The molecule has 0 N–H and O–H groups in total. The van der Waals surface area contributed by atoms with Crippen LogP contribution < -0.4 is 0 Å². The Hall–Kier alpha value is 0.430. The molecule has 0 unspecified atom stereocenters. The van der Waals surface area contributed by atoms with E-state index in [9.17, 15) is 0 Å². The van der Waals surface area contributed by atoms with E-state index < -0.39 is 0 Å². The van der Waals surface area contributed by atoms with Gasteiger partial charge >= 0.3 is 0 Å². The molecule has 0 saturated carbocycles. The summed E-state index contributed by atoms with van der Waals surface area (Å²) in [6.07, 6.45) is 1.17. The zero-order valence-electron chi connectivity index (χ0n) is 7.98. The van der Waals surface area contributed by atoms with Crippen molar-refractivity contribution in [3.63, 3.8) is 0 Å². The molecule has 0 spiro atoms. The maximum Gasteiger partial charge on any atom is 0.0130 e. The van der Waals surface area contributed by atoms with Crippen molar-refractivity contribution in [3.8, 4) is 0 Å². The summed E-state index contributed by atoms with van der Waals surface area (Å²) in [4.78, 5) is 0. The van der Waals surface area contributed by atoms with Crippen LogP contribution in [0.1, 0.15) is 25.8 Å². The molecule has 0 radical (unpaired) electrons. The molecule has 2 heteroatoms. The summed E-state index contributed by atoms with van der Waals surface area (Å²) in [7, 11) is 0. The van der Waals surface area contributed by atoms with Gasteiger partial charge in [0.1, 0.15) is 0 Å². The summed E-state index contributed by atoms with van der Waals surface area (Å²) in [5.74, 6) is 0. The molecule has 0 heterocycles. The van der Waals surface area contributed by atoms with E-state index in [-0.39, 0.29) is 5.41 Å². The molecule has 0 amide bonds. The van der Waals surface area contributed by atoms with Crippen LogP contribution in [0, 0.1) is 3.57 Å². The number of alkyl halides is 1. The van der Waals surface area contributed by atoms with Crippen LogP contribution in [0.15, 0.2) is 24.3 Å². The minimum atomic E-state index is 0.286. The molecule has 1 aromatic carbocycles. The van der Waals surface area contributed by atoms with Gasteiger partial charge in [0, 0.05) is 8.90 Å². The Balaban J connectivity index is 2.87. The van der Waals surface area contributed by atoms with E-state index in [1.54, 1.807) is 0 Å². The summed E-state index contributed by atoms with van der Waals surface area (Å²) in [5, 5.41) is 1.06. The number of hydrogen-bond acceptors (Lipinski definition) is 0. The standard InChI is InChI=1S/C11H14BrI/c1-11(2,7-8-12)9-3-5-10(13)6-4-9/h3-6H,7-8H2,1-2H3. The van der Waals surface area contributed by atoms with E-state index in [1.165, 1.54) is 15.6 Å². The van der Waals surface area contributed by atoms with Gasteiger partial charge in [-0.2, -0.15) is 0 Å². The van der Waals surface area contributed by atoms with Gasteiger partial charge in [-0.1, -0.05) is 41.9 Å². The van der Waals surface area contributed by atoms with E-state index >= 15 is 0 Å². The van der Waals surface area contributed by atoms with Gasteiger partial charge < -0.3 is 0 Å². The molecule has 0 saturated heterocycles. The molecule has 0 fully saturated rings.